The van der Waals surface area contributed by atoms with E-state index in [9.17, 15) is 13.2 Å². The summed E-state index contributed by atoms with van der Waals surface area (Å²) < 4.78 is 34.2. The number of hydrogen-bond donors (Lipinski definition) is 2. The van der Waals surface area contributed by atoms with Gasteiger partial charge < -0.3 is 14.8 Å². The topological polar surface area (TPSA) is 120 Å². The first-order valence-electron chi connectivity index (χ1n) is 10.5. The summed E-state index contributed by atoms with van der Waals surface area (Å²) >= 11 is 1.18. The predicted octanol–water partition coefficient (Wildman–Crippen LogP) is 4.12. The van der Waals surface area contributed by atoms with Gasteiger partial charge in [-0.3, -0.25) is 4.79 Å². The van der Waals surface area contributed by atoms with Gasteiger partial charge in [-0.05, 0) is 72.3 Å². The van der Waals surface area contributed by atoms with Crippen LogP contribution in [0, 0.1) is 6.92 Å². The molecule has 0 spiro atoms. The maximum Gasteiger partial charge on any atom is 0.264 e. The van der Waals surface area contributed by atoms with Crippen molar-refractivity contribution in [2.24, 2.45) is 10.1 Å². The van der Waals surface area contributed by atoms with E-state index in [-0.39, 0.29) is 10.8 Å². The lowest BCUT2D eigenvalue weighted by Gasteiger charge is -2.11. The number of methoxy groups -OCH3 is 1. The van der Waals surface area contributed by atoms with Crippen molar-refractivity contribution in [2.75, 3.05) is 7.11 Å². The Labute approximate surface area is 207 Å². The van der Waals surface area contributed by atoms with Crippen molar-refractivity contribution in [2.45, 2.75) is 18.4 Å². The molecule has 1 heterocycles. The quantitative estimate of drug-likeness (QED) is 0.462. The van der Waals surface area contributed by atoms with Gasteiger partial charge in [-0.15, -0.1) is 0 Å². The number of primary sulfonamides is 1. The minimum atomic E-state index is -3.78. The second kappa shape index (κ2) is 10.3. The van der Waals surface area contributed by atoms with E-state index in [1.54, 1.807) is 25.3 Å². The zero-order chi connectivity index (χ0) is 25.0. The molecule has 3 aromatic carbocycles. The maximum absolute atomic E-state index is 12.4. The summed E-state index contributed by atoms with van der Waals surface area (Å²) in [5.41, 5.74) is 3.49. The first-order valence-corrected chi connectivity index (χ1v) is 12.9. The lowest BCUT2D eigenvalue weighted by Crippen LogP contribution is -2.19. The highest BCUT2D eigenvalue weighted by atomic mass is 32.2. The van der Waals surface area contributed by atoms with Crippen molar-refractivity contribution in [3.8, 4) is 11.5 Å². The summed E-state index contributed by atoms with van der Waals surface area (Å²) in [6, 6.07) is 19.3. The molecule has 0 unspecified atom stereocenters. The molecule has 1 aliphatic heterocycles. The van der Waals surface area contributed by atoms with Gasteiger partial charge in [0.1, 0.15) is 6.61 Å². The monoisotopic (exact) mass is 509 g/mol. The Kier molecular flexibility index (Phi) is 7.25. The second-order valence-corrected chi connectivity index (χ2v) is 10.3. The number of nitrogens with two attached hydrogens (primary N) is 1. The highest BCUT2D eigenvalue weighted by molar-refractivity contribution is 8.18. The van der Waals surface area contributed by atoms with Crippen LogP contribution >= 0.6 is 11.8 Å². The Morgan fingerprint density at radius 2 is 1.74 bits per heavy atom. The largest absolute Gasteiger partial charge is 0.493 e. The summed E-state index contributed by atoms with van der Waals surface area (Å²) in [6.07, 6.45) is 1.74. The molecule has 0 saturated carbocycles. The Hall–Kier alpha value is -3.60. The SMILES string of the molecule is COc1cc(/C=C2\SC(=Nc3ccc(S(N)(=O)=O)cc3)NC2=O)ccc1OCc1ccc(C)cc1. The molecule has 8 nitrogen and oxygen atoms in total. The first-order chi connectivity index (χ1) is 16.7. The minimum absolute atomic E-state index is 0.00890. The number of hydrogen-bond acceptors (Lipinski definition) is 7. The standard InChI is InChI=1S/C25H23N3O5S2/c1-16-3-5-17(6-4-16)15-33-21-12-7-18(13-22(21)32-2)14-23-24(29)28-25(34-23)27-19-8-10-20(11-9-19)35(26,30)31/h3-14H,15H2,1-2H3,(H2,26,30,31)(H,27,28,29)/b23-14-. The lowest BCUT2D eigenvalue weighted by atomic mass is 10.1. The third kappa shape index (κ3) is 6.30. The number of sulfonamides is 1. The van der Waals surface area contributed by atoms with E-state index in [4.69, 9.17) is 14.6 Å². The van der Waals surface area contributed by atoms with Crippen LogP contribution in [0.25, 0.3) is 6.08 Å². The van der Waals surface area contributed by atoms with Crippen LogP contribution in [0.15, 0.2) is 81.5 Å². The van der Waals surface area contributed by atoms with Crippen LogP contribution in [-0.2, 0) is 21.4 Å². The van der Waals surface area contributed by atoms with Gasteiger partial charge in [-0.2, -0.15) is 0 Å². The fraction of sp³-hybridized carbons (Fsp3) is 0.120. The van der Waals surface area contributed by atoms with Crippen LogP contribution in [0.5, 0.6) is 11.5 Å². The molecule has 0 aliphatic carbocycles. The molecule has 1 aliphatic rings. The molecule has 1 saturated heterocycles. The van der Waals surface area contributed by atoms with Gasteiger partial charge >= 0.3 is 0 Å². The number of aryl methyl sites for hydroxylation is 1. The molecule has 4 rings (SSSR count). The summed E-state index contributed by atoms with van der Waals surface area (Å²) in [5, 5.41) is 8.20. The highest BCUT2D eigenvalue weighted by Gasteiger charge is 2.24. The van der Waals surface area contributed by atoms with E-state index in [0.717, 1.165) is 11.1 Å². The number of benzene rings is 3. The summed E-state index contributed by atoms with van der Waals surface area (Å²) in [7, 11) is -2.22. The third-order valence-electron chi connectivity index (χ3n) is 5.05. The zero-order valence-corrected chi connectivity index (χ0v) is 20.7. The average Bonchev–Trinajstić information content (AvgIpc) is 3.17. The summed E-state index contributed by atoms with van der Waals surface area (Å²) in [4.78, 5) is 17.2. The molecule has 180 valence electrons. The number of carbonyl (C=O) groups excluding carboxylic acids is 1. The van der Waals surface area contributed by atoms with Gasteiger partial charge in [-0.1, -0.05) is 35.9 Å². The van der Waals surface area contributed by atoms with Crippen molar-refractivity contribution >= 4 is 44.6 Å². The molecular formula is C25H23N3O5S2. The fourth-order valence-electron chi connectivity index (χ4n) is 3.20. The maximum atomic E-state index is 12.4. The molecule has 0 radical (unpaired) electrons. The normalized spacial score (nSPS) is 15.9. The number of amidine groups is 1. The van der Waals surface area contributed by atoms with Crippen molar-refractivity contribution < 1.29 is 22.7 Å². The molecule has 0 bridgehead atoms. The molecule has 0 aromatic heterocycles. The van der Waals surface area contributed by atoms with E-state index in [0.29, 0.717) is 33.9 Å². The van der Waals surface area contributed by atoms with Crippen molar-refractivity contribution in [1.82, 2.24) is 5.32 Å². The van der Waals surface area contributed by atoms with Gasteiger partial charge in [0.2, 0.25) is 10.0 Å². The van der Waals surface area contributed by atoms with Crippen LogP contribution in [-0.4, -0.2) is 26.6 Å². The fourth-order valence-corrected chi connectivity index (χ4v) is 4.56. The van der Waals surface area contributed by atoms with Crippen LogP contribution in [0.1, 0.15) is 16.7 Å². The number of amides is 1. The first kappa shape index (κ1) is 24.5. The zero-order valence-electron chi connectivity index (χ0n) is 19.0. The van der Waals surface area contributed by atoms with E-state index in [1.807, 2.05) is 37.3 Å². The number of aliphatic imine (C=N–C) groups is 1. The predicted molar refractivity (Wildman–Crippen MR) is 137 cm³/mol. The molecular weight excluding hydrogens is 486 g/mol. The Morgan fingerprint density at radius 1 is 1.03 bits per heavy atom. The molecule has 1 amide bonds. The van der Waals surface area contributed by atoms with Crippen molar-refractivity contribution in [3.05, 3.63) is 88.3 Å². The Bertz CT molecular complexity index is 1410. The third-order valence-corrected chi connectivity index (χ3v) is 6.89. The van der Waals surface area contributed by atoms with Gasteiger partial charge in [0, 0.05) is 0 Å². The van der Waals surface area contributed by atoms with Crippen LogP contribution in [0.3, 0.4) is 0 Å². The van der Waals surface area contributed by atoms with Gasteiger partial charge in [-0.25, -0.2) is 18.5 Å². The smallest absolute Gasteiger partial charge is 0.264 e. The Balaban J connectivity index is 1.47. The van der Waals surface area contributed by atoms with Crippen LogP contribution in [0.4, 0.5) is 5.69 Å². The van der Waals surface area contributed by atoms with Crippen LogP contribution in [0.2, 0.25) is 0 Å². The number of rotatable bonds is 7. The number of carbonyl (C=O) groups is 1. The molecule has 1 fully saturated rings. The average molecular weight is 510 g/mol. The molecule has 3 aromatic rings. The molecule has 0 atom stereocenters. The van der Waals surface area contributed by atoms with E-state index in [1.165, 1.54) is 41.6 Å². The van der Waals surface area contributed by atoms with Crippen LogP contribution < -0.4 is 19.9 Å². The molecule has 3 N–H and O–H groups in total. The number of thioether (sulfide) groups is 1. The number of ether oxygens (including phenoxy) is 2. The highest BCUT2D eigenvalue weighted by Crippen LogP contribution is 2.32. The molecule has 35 heavy (non-hydrogen) atoms. The van der Waals surface area contributed by atoms with Gasteiger partial charge in [0.05, 0.1) is 22.6 Å². The lowest BCUT2D eigenvalue weighted by molar-refractivity contribution is -0.115. The second-order valence-electron chi connectivity index (χ2n) is 7.71. The summed E-state index contributed by atoms with van der Waals surface area (Å²) in [5.74, 6) is 0.871. The van der Waals surface area contributed by atoms with Gasteiger partial charge in [0.15, 0.2) is 16.7 Å². The molecule has 10 heteroatoms. The summed E-state index contributed by atoms with van der Waals surface area (Å²) in [6.45, 7) is 2.44. The van der Waals surface area contributed by atoms with Gasteiger partial charge in [0.25, 0.3) is 5.91 Å². The number of nitrogens with one attached hydrogen (secondary N) is 1. The van der Waals surface area contributed by atoms with E-state index >= 15 is 0 Å². The van der Waals surface area contributed by atoms with Crippen molar-refractivity contribution in [1.29, 1.82) is 0 Å². The van der Waals surface area contributed by atoms with Crippen molar-refractivity contribution in [3.63, 3.8) is 0 Å². The minimum Gasteiger partial charge on any atom is -0.493 e. The number of nitrogens with zero attached hydrogens (tertiary/aromatic N) is 1. The Morgan fingerprint density at radius 3 is 2.40 bits per heavy atom. The van der Waals surface area contributed by atoms with E-state index < -0.39 is 10.0 Å². The van der Waals surface area contributed by atoms with E-state index in [2.05, 4.69) is 10.3 Å².